The molecule has 0 aromatic heterocycles. The van der Waals surface area contributed by atoms with E-state index in [9.17, 15) is 8.78 Å². The zero-order valence-corrected chi connectivity index (χ0v) is 11.2. The van der Waals surface area contributed by atoms with E-state index in [0.717, 1.165) is 0 Å². The van der Waals surface area contributed by atoms with Crippen LogP contribution in [-0.4, -0.2) is 0 Å². The fourth-order valence-electron chi connectivity index (χ4n) is 1.86. The maximum atomic E-state index is 13.6. The quantitative estimate of drug-likeness (QED) is 0.872. The Hall–Kier alpha value is -1.45. The summed E-state index contributed by atoms with van der Waals surface area (Å²) in [4.78, 5) is 0. The molecule has 0 aliphatic rings. The molecule has 0 saturated carbocycles. The van der Waals surface area contributed by atoms with Crippen LogP contribution in [0.2, 0.25) is 5.02 Å². The Balaban J connectivity index is 2.04. The molecule has 0 spiro atoms. The van der Waals surface area contributed by atoms with E-state index in [2.05, 4.69) is 5.32 Å². The van der Waals surface area contributed by atoms with Crippen LogP contribution >= 0.6 is 11.6 Å². The minimum atomic E-state index is -0.360. The molecule has 100 valence electrons. The van der Waals surface area contributed by atoms with Crippen molar-refractivity contribution in [3.05, 3.63) is 70.2 Å². The number of halogens is 3. The van der Waals surface area contributed by atoms with Gasteiger partial charge in [0.1, 0.15) is 11.6 Å². The van der Waals surface area contributed by atoms with Crippen LogP contribution < -0.4 is 5.32 Å². The second-order valence-corrected chi connectivity index (χ2v) is 4.80. The van der Waals surface area contributed by atoms with Crippen molar-refractivity contribution in [3.63, 3.8) is 0 Å². The summed E-state index contributed by atoms with van der Waals surface area (Å²) < 4.78 is 27.2. The third-order valence-corrected chi connectivity index (χ3v) is 3.22. The molecule has 0 aliphatic carbocycles. The summed E-state index contributed by atoms with van der Waals surface area (Å²) in [5.41, 5.74) is 1.07. The fraction of sp³-hybridized carbons (Fsp3) is 0.200. The van der Waals surface area contributed by atoms with Crippen LogP contribution in [0.15, 0.2) is 42.5 Å². The van der Waals surface area contributed by atoms with E-state index in [1.807, 2.05) is 6.92 Å². The Kier molecular flexibility index (Phi) is 4.51. The number of hydrogen-bond acceptors (Lipinski definition) is 1. The van der Waals surface area contributed by atoms with Gasteiger partial charge in [-0.15, -0.1) is 0 Å². The maximum Gasteiger partial charge on any atom is 0.129 e. The lowest BCUT2D eigenvalue weighted by molar-refractivity contribution is 0.515. The van der Waals surface area contributed by atoms with Crippen LogP contribution in [0.25, 0.3) is 0 Å². The third-order valence-electron chi connectivity index (χ3n) is 2.99. The summed E-state index contributed by atoms with van der Waals surface area (Å²) in [7, 11) is 0. The smallest absolute Gasteiger partial charge is 0.129 e. The molecule has 0 aliphatic heterocycles. The molecule has 1 atom stereocenters. The van der Waals surface area contributed by atoms with E-state index in [1.165, 1.54) is 12.1 Å². The van der Waals surface area contributed by atoms with Crippen LogP contribution in [-0.2, 0) is 6.54 Å². The van der Waals surface area contributed by atoms with Crippen LogP contribution in [0, 0.1) is 11.6 Å². The van der Waals surface area contributed by atoms with Crippen molar-refractivity contribution in [2.24, 2.45) is 0 Å². The molecule has 1 unspecified atom stereocenters. The average molecular weight is 282 g/mol. The summed E-state index contributed by atoms with van der Waals surface area (Å²) in [5.74, 6) is -0.625. The first-order valence-electron chi connectivity index (χ1n) is 5.99. The predicted octanol–water partition coefficient (Wildman–Crippen LogP) is 4.47. The molecule has 4 heteroatoms. The molecule has 2 aromatic rings. The van der Waals surface area contributed by atoms with E-state index in [0.29, 0.717) is 22.7 Å². The first-order valence-corrected chi connectivity index (χ1v) is 6.37. The zero-order valence-electron chi connectivity index (χ0n) is 10.5. The predicted molar refractivity (Wildman–Crippen MR) is 73.1 cm³/mol. The SMILES string of the molecule is CC(NCc1ccc(Cl)cc1F)c1ccccc1F. The Morgan fingerprint density at radius 1 is 1.11 bits per heavy atom. The van der Waals surface area contributed by atoms with Crippen molar-refractivity contribution >= 4 is 11.6 Å². The van der Waals surface area contributed by atoms with Gasteiger partial charge in [0.05, 0.1) is 0 Å². The minimum absolute atomic E-state index is 0.198. The minimum Gasteiger partial charge on any atom is -0.306 e. The van der Waals surface area contributed by atoms with Gasteiger partial charge in [0.2, 0.25) is 0 Å². The first-order chi connectivity index (χ1) is 9.08. The van der Waals surface area contributed by atoms with Crippen molar-refractivity contribution in [2.45, 2.75) is 19.5 Å². The Morgan fingerprint density at radius 3 is 2.53 bits per heavy atom. The molecule has 0 saturated heterocycles. The second-order valence-electron chi connectivity index (χ2n) is 4.36. The van der Waals surface area contributed by atoms with Gasteiger partial charge in [-0.3, -0.25) is 0 Å². The highest BCUT2D eigenvalue weighted by Crippen LogP contribution is 2.18. The highest BCUT2D eigenvalue weighted by atomic mass is 35.5. The van der Waals surface area contributed by atoms with E-state index in [4.69, 9.17) is 11.6 Å². The number of hydrogen-bond donors (Lipinski definition) is 1. The van der Waals surface area contributed by atoms with Gasteiger partial charge in [-0.25, -0.2) is 8.78 Å². The van der Waals surface area contributed by atoms with Gasteiger partial charge in [-0.1, -0.05) is 35.9 Å². The number of rotatable bonds is 4. The third kappa shape index (κ3) is 3.52. The van der Waals surface area contributed by atoms with Crippen molar-refractivity contribution in [1.29, 1.82) is 0 Å². The lowest BCUT2D eigenvalue weighted by Gasteiger charge is -2.15. The summed E-state index contributed by atoms with van der Waals surface area (Å²) in [6.07, 6.45) is 0. The number of nitrogens with one attached hydrogen (secondary N) is 1. The van der Waals surface area contributed by atoms with Crippen LogP contribution in [0.3, 0.4) is 0 Å². The second kappa shape index (κ2) is 6.13. The molecule has 19 heavy (non-hydrogen) atoms. The molecule has 2 aromatic carbocycles. The van der Waals surface area contributed by atoms with Gasteiger partial charge >= 0.3 is 0 Å². The van der Waals surface area contributed by atoms with Crippen LogP contribution in [0.1, 0.15) is 24.1 Å². The average Bonchev–Trinajstić information content (AvgIpc) is 2.38. The van der Waals surface area contributed by atoms with E-state index >= 15 is 0 Å². The first kappa shape index (κ1) is 14.0. The Bertz CT molecular complexity index is 572. The van der Waals surface area contributed by atoms with E-state index < -0.39 is 0 Å². The summed E-state index contributed by atoms with van der Waals surface area (Å²) in [6, 6.07) is 10.9. The largest absolute Gasteiger partial charge is 0.306 e. The monoisotopic (exact) mass is 281 g/mol. The highest BCUT2D eigenvalue weighted by molar-refractivity contribution is 6.30. The topological polar surface area (TPSA) is 12.0 Å². The van der Waals surface area contributed by atoms with Gasteiger partial charge in [-0.2, -0.15) is 0 Å². The molecular weight excluding hydrogens is 268 g/mol. The summed E-state index contributed by atoms with van der Waals surface area (Å²) >= 11 is 5.69. The standard InChI is InChI=1S/C15H14ClF2N/c1-10(13-4-2-3-5-14(13)17)19-9-11-6-7-12(16)8-15(11)18/h2-8,10,19H,9H2,1H3. The molecule has 0 fully saturated rings. The highest BCUT2D eigenvalue weighted by Gasteiger charge is 2.10. The van der Waals surface area contributed by atoms with Gasteiger partial charge in [0.15, 0.2) is 0 Å². The molecule has 0 radical (unpaired) electrons. The van der Waals surface area contributed by atoms with Crippen molar-refractivity contribution in [3.8, 4) is 0 Å². The van der Waals surface area contributed by atoms with Gasteiger partial charge in [0.25, 0.3) is 0 Å². The number of benzene rings is 2. The molecule has 1 N–H and O–H groups in total. The van der Waals surface area contributed by atoms with E-state index in [1.54, 1.807) is 30.3 Å². The Morgan fingerprint density at radius 2 is 1.84 bits per heavy atom. The molecule has 0 heterocycles. The van der Waals surface area contributed by atoms with Crippen LogP contribution in [0.5, 0.6) is 0 Å². The molecule has 1 nitrogen and oxygen atoms in total. The lowest BCUT2D eigenvalue weighted by atomic mass is 10.1. The Labute approximate surface area is 116 Å². The zero-order chi connectivity index (χ0) is 13.8. The lowest BCUT2D eigenvalue weighted by Crippen LogP contribution is -2.19. The van der Waals surface area contributed by atoms with Crippen LogP contribution in [0.4, 0.5) is 8.78 Å². The van der Waals surface area contributed by atoms with Gasteiger partial charge in [-0.05, 0) is 25.1 Å². The normalized spacial score (nSPS) is 12.4. The van der Waals surface area contributed by atoms with Gasteiger partial charge in [0, 0.05) is 28.7 Å². The summed E-state index contributed by atoms with van der Waals surface area (Å²) in [5, 5.41) is 3.46. The van der Waals surface area contributed by atoms with Crippen molar-refractivity contribution in [1.82, 2.24) is 5.32 Å². The molecule has 0 amide bonds. The molecule has 0 bridgehead atoms. The fourth-order valence-corrected chi connectivity index (χ4v) is 2.02. The van der Waals surface area contributed by atoms with Crippen molar-refractivity contribution in [2.75, 3.05) is 0 Å². The van der Waals surface area contributed by atoms with Gasteiger partial charge < -0.3 is 5.32 Å². The van der Waals surface area contributed by atoms with E-state index in [-0.39, 0.29) is 17.7 Å². The molecular formula is C15H14ClF2N. The maximum absolute atomic E-state index is 13.6. The molecule has 2 rings (SSSR count). The van der Waals surface area contributed by atoms with Crippen molar-refractivity contribution < 1.29 is 8.78 Å². The summed E-state index contributed by atoms with van der Waals surface area (Å²) in [6.45, 7) is 2.16.